The zero-order chi connectivity index (χ0) is 18.5. The van der Waals surface area contributed by atoms with Crippen LogP contribution < -0.4 is 5.32 Å². The van der Waals surface area contributed by atoms with Gasteiger partial charge in [0.05, 0.1) is 17.3 Å². The third kappa shape index (κ3) is 2.59. The van der Waals surface area contributed by atoms with Gasteiger partial charge in [0, 0.05) is 10.4 Å². The van der Waals surface area contributed by atoms with Crippen LogP contribution in [0, 0.1) is 5.92 Å². The van der Waals surface area contributed by atoms with Crippen molar-refractivity contribution >= 4 is 27.6 Å². The van der Waals surface area contributed by atoms with Crippen molar-refractivity contribution in [1.29, 1.82) is 0 Å². The summed E-state index contributed by atoms with van der Waals surface area (Å²) in [6.45, 7) is 0. The molecule has 3 nitrogen and oxygen atoms in total. The largest absolute Gasteiger partial charge is 0.478 e. The molecule has 1 aliphatic heterocycles. The second-order valence-corrected chi connectivity index (χ2v) is 8.21. The van der Waals surface area contributed by atoms with Crippen LogP contribution in [0.2, 0.25) is 0 Å². The summed E-state index contributed by atoms with van der Waals surface area (Å²) in [5, 5.41) is 13.3. The standard InChI is InChI=1S/C23H18BrNO2/c24-15-7-3-6-14(11-15)21-19-12-13-5-1-2-8-16(13)20(19)17-9-4-10-18(23(26)27)22(17)25-21/h1-11,19-21,25H,12H2,(H,26,27)/t19-,20+,21+/m0/s1. The maximum atomic E-state index is 11.9. The Hall–Kier alpha value is -2.59. The molecule has 1 heterocycles. The molecule has 3 atom stereocenters. The first-order chi connectivity index (χ1) is 13.1. The fourth-order valence-corrected chi connectivity index (χ4v) is 5.21. The molecule has 2 N–H and O–H groups in total. The Kier molecular flexibility index (Phi) is 3.83. The molecule has 0 fully saturated rings. The topological polar surface area (TPSA) is 49.3 Å². The van der Waals surface area contributed by atoms with E-state index in [9.17, 15) is 9.90 Å². The molecule has 1 aliphatic carbocycles. The minimum absolute atomic E-state index is 0.0629. The SMILES string of the molecule is O=C(O)c1cccc2c1N[C@H](c1cccc(Br)c1)[C@H]1Cc3ccccc3[C@H]21. The summed E-state index contributed by atoms with van der Waals surface area (Å²) < 4.78 is 1.03. The number of carboxylic acids is 1. The Bertz CT molecular complexity index is 1060. The van der Waals surface area contributed by atoms with Crippen LogP contribution in [0.15, 0.2) is 71.2 Å². The smallest absolute Gasteiger partial charge is 0.337 e. The number of benzene rings is 3. The lowest BCUT2D eigenvalue weighted by atomic mass is 9.75. The van der Waals surface area contributed by atoms with E-state index in [4.69, 9.17) is 0 Å². The molecule has 134 valence electrons. The molecule has 5 rings (SSSR count). The highest BCUT2D eigenvalue weighted by Crippen LogP contribution is 2.54. The van der Waals surface area contributed by atoms with E-state index in [1.165, 1.54) is 16.7 Å². The monoisotopic (exact) mass is 419 g/mol. The zero-order valence-corrected chi connectivity index (χ0v) is 16.1. The summed E-state index contributed by atoms with van der Waals surface area (Å²) in [7, 11) is 0. The third-order valence-electron chi connectivity index (χ3n) is 5.87. The Labute approximate surface area is 166 Å². The van der Waals surface area contributed by atoms with Gasteiger partial charge in [-0.15, -0.1) is 0 Å². The van der Waals surface area contributed by atoms with Gasteiger partial charge >= 0.3 is 5.97 Å². The average Bonchev–Trinajstić information content (AvgIpc) is 3.06. The molecule has 0 radical (unpaired) electrons. The summed E-state index contributed by atoms with van der Waals surface area (Å²) in [4.78, 5) is 11.9. The van der Waals surface area contributed by atoms with Crippen LogP contribution in [0.5, 0.6) is 0 Å². The summed E-state index contributed by atoms with van der Waals surface area (Å²) in [5.41, 5.74) is 6.06. The predicted molar refractivity (Wildman–Crippen MR) is 109 cm³/mol. The van der Waals surface area contributed by atoms with E-state index < -0.39 is 5.97 Å². The quantitative estimate of drug-likeness (QED) is 0.566. The molecule has 27 heavy (non-hydrogen) atoms. The number of aromatic carboxylic acids is 1. The number of nitrogens with one attached hydrogen (secondary N) is 1. The number of carbonyl (C=O) groups is 1. The van der Waals surface area contributed by atoms with Gasteiger partial charge in [-0.3, -0.25) is 0 Å². The molecule has 3 aromatic rings. The fraction of sp³-hybridized carbons (Fsp3) is 0.174. The van der Waals surface area contributed by atoms with Crippen molar-refractivity contribution in [1.82, 2.24) is 0 Å². The Morgan fingerprint density at radius 3 is 2.59 bits per heavy atom. The van der Waals surface area contributed by atoms with Gasteiger partial charge in [-0.25, -0.2) is 4.79 Å². The van der Waals surface area contributed by atoms with Gasteiger partial charge in [-0.2, -0.15) is 0 Å². The molecule has 0 amide bonds. The predicted octanol–water partition coefficient (Wildman–Crippen LogP) is 5.62. The third-order valence-corrected chi connectivity index (χ3v) is 6.37. The van der Waals surface area contributed by atoms with Gasteiger partial charge in [0.25, 0.3) is 0 Å². The van der Waals surface area contributed by atoms with E-state index in [1.54, 1.807) is 6.07 Å². The number of hydrogen-bond acceptors (Lipinski definition) is 2. The second-order valence-electron chi connectivity index (χ2n) is 7.30. The van der Waals surface area contributed by atoms with Gasteiger partial charge < -0.3 is 10.4 Å². The summed E-state index contributed by atoms with van der Waals surface area (Å²) in [5.74, 6) is -0.328. The first kappa shape index (κ1) is 16.6. The van der Waals surface area contributed by atoms with E-state index in [0.717, 1.165) is 22.1 Å². The maximum absolute atomic E-state index is 11.9. The zero-order valence-electron chi connectivity index (χ0n) is 14.5. The van der Waals surface area contributed by atoms with E-state index in [-0.39, 0.29) is 12.0 Å². The lowest BCUT2D eigenvalue weighted by molar-refractivity contribution is 0.0697. The van der Waals surface area contributed by atoms with Crippen LogP contribution in [0.25, 0.3) is 0 Å². The van der Waals surface area contributed by atoms with Crippen LogP contribution in [-0.4, -0.2) is 11.1 Å². The molecule has 4 heteroatoms. The lowest BCUT2D eigenvalue weighted by Crippen LogP contribution is -2.31. The molecule has 0 unspecified atom stereocenters. The van der Waals surface area contributed by atoms with E-state index >= 15 is 0 Å². The summed E-state index contributed by atoms with van der Waals surface area (Å²) in [6, 6.07) is 22.6. The molecule has 3 aromatic carbocycles. The van der Waals surface area contributed by atoms with Gasteiger partial charge in [0.1, 0.15) is 0 Å². The number of carboxylic acid groups (broad SMARTS) is 1. The minimum Gasteiger partial charge on any atom is -0.478 e. The van der Waals surface area contributed by atoms with Gasteiger partial charge in [0.2, 0.25) is 0 Å². The van der Waals surface area contributed by atoms with Crippen LogP contribution in [0.4, 0.5) is 5.69 Å². The van der Waals surface area contributed by atoms with E-state index in [1.807, 2.05) is 18.2 Å². The molecular formula is C23H18BrNO2. The maximum Gasteiger partial charge on any atom is 0.337 e. The van der Waals surface area contributed by atoms with E-state index in [0.29, 0.717) is 11.5 Å². The molecule has 0 aromatic heterocycles. The first-order valence-corrected chi connectivity index (χ1v) is 9.89. The van der Waals surface area contributed by atoms with Crippen molar-refractivity contribution in [3.8, 4) is 0 Å². The normalized spacial score (nSPS) is 22.3. The van der Waals surface area contributed by atoms with Crippen LogP contribution >= 0.6 is 15.9 Å². The number of halogens is 1. The molecule has 0 bridgehead atoms. The minimum atomic E-state index is -0.892. The van der Waals surface area contributed by atoms with Crippen LogP contribution in [0.1, 0.15) is 44.6 Å². The highest BCUT2D eigenvalue weighted by atomic mass is 79.9. The first-order valence-electron chi connectivity index (χ1n) is 9.09. The number of para-hydroxylation sites is 1. The molecule has 0 saturated carbocycles. The van der Waals surface area contributed by atoms with E-state index in [2.05, 4.69) is 63.7 Å². The van der Waals surface area contributed by atoms with Crippen molar-refractivity contribution in [2.45, 2.75) is 18.4 Å². The van der Waals surface area contributed by atoms with Crippen LogP contribution in [-0.2, 0) is 6.42 Å². The molecule has 0 spiro atoms. The van der Waals surface area contributed by atoms with Crippen molar-refractivity contribution < 1.29 is 9.90 Å². The molecule has 0 saturated heterocycles. The molecule has 2 aliphatic rings. The van der Waals surface area contributed by atoms with Crippen LogP contribution in [0.3, 0.4) is 0 Å². The van der Waals surface area contributed by atoms with Crippen molar-refractivity contribution in [3.63, 3.8) is 0 Å². The van der Waals surface area contributed by atoms with Gasteiger partial charge in [0.15, 0.2) is 0 Å². The number of fused-ring (bicyclic) bond motifs is 5. The highest BCUT2D eigenvalue weighted by Gasteiger charge is 2.44. The van der Waals surface area contributed by atoms with Crippen molar-refractivity contribution in [2.75, 3.05) is 5.32 Å². The Balaban J connectivity index is 1.73. The Morgan fingerprint density at radius 1 is 1.00 bits per heavy atom. The number of anilines is 1. The second kappa shape index (κ2) is 6.24. The molecular weight excluding hydrogens is 402 g/mol. The van der Waals surface area contributed by atoms with Crippen molar-refractivity contribution in [2.24, 2.45) is 5.92 Å². The van der Waals surface area contributed by atoms with Crippen molar-refractivity contribution in [3.05, 3.63) is 99.0 Å². The Morgan fingerprint density at radius 2 is 1.78 bits per heavy atom. The average molecular weight is 420 g/mol. The van der Waals surface area contributed by atoms with Gasteiger partial charge in [-0.05, 0) is 52.8 Å². The number of hydrogen-bond donors (Lipinski definition) is 2. The highest BCUT2D eigenvalue weighted by molar-refractivity contribution is 9.10. The van der Waals surface area contributed by atoms with Gasteiger partial charge in [-0.1, -0.05) is 64.5 Å². The fourth-order valence-electron chi connectivity index (χ4n) is 4.80. The summed E-state index contributed by atoms with van der Waals surface area (Å²) in [6.07, 6.45) is 0.988. The lowest BCUT2D eigenvalue weighted by Gasteiger charge is -2.38. The summed E-state index contributed by atoms with van der Waals surface area (Å²) >= 11 is 3.58. The number of rotatable bonds is 2.